The Kier molecular flexibility index (Phi) is 12.7. The molecule has 0 aliphatic carbocycles. The fraction of sp³-hybridized carbons (Fsp3) is 0.625. The Morgan fingerprint density at radius 1 is 1.00 bits per heavy atom. The average molecular weight is 281 g/mol. The van der Waals surface area contributed by atoms with Crippen molar-refractivity contribution < 1.29 is 14.4 Å². The number of carbonyl (C=O) groups excluding carboxylic acids is 2. The molecular formula is C16H27NO3. The van der Waals surface area contributed by atoms with E-state index in [1.165, 1.54) is 50.7 Å². The summed E-state index contributed by atoms with van der Waals surface area (Å²) in [5.74, 6) is -0.993. The number of unbranched alkanes of at least 4 members (excludes halogenated alkanes) is 7. The smallest absolute Gasteiger partial charge is 0.336 e. The summed E-state index contributed by atoms with van der Waals surface area (Å²) in [6.07, 6.45) is 15.6. The summed E-state index contributed by atoms with van der Waals surface area (Å²) in [6.45, 7) is 3.93. The maximum atomic E-state index is 11.2. The monoisotopic (exact) mass is 281 g/mol. The zero-order valence-corrected chi connectivity index (χ0v) is 12.7. The predicted molar refractivity (Wildman–Crippen MR) is 80.8 cm³/mol. The quantitative estimate of drug-likeness (QED) is 0.376. The van der Waals surface area contributed by atoms with Gasteiger partial charge in [-0.1, -0.05) is 57.6 Å². The summed E-state index contributed by atoms with van der Waals surface area (Å²) in [4.78, 5) is 26.7. The third-order valence-electron chi connectivity index (χ3n) is 2.80. The van der Waals surface area contributed by atoms with Crippen LogP contribution in [-0.2, 0) is 14.4 Å². The van der Waals surface area contributed by atoms with Gasteiger partial charge in [0.25, 0.3) is 5.91 Å². The molecule has 0 saturated heterocycles. The van der Waals surface area contributed by atoms with E-state index >= 15 is 0 Å². The van der Waals surface area contributed by atoms with Crippen molar-refractivity contribution in [3.63, 3.8) is 0 Å². The van der Waals surface area contributed by atoms with Gasteiger partial charge in [0.1, 0.15) is 0 Å². The van der Waals surface area contributed by atoms with Gasteiger partial charge in [0.15, 0.2) is 0 Å². The van der Waals surface area contributed by atoms with E-state index in [0.717, 1.165) is 12.8 Å². The van der Waals surface area contributed by atoms with Gasteiger partial charge in [0, 0.05) is 12.2 Å². The van der Waals surface area contributed by atoms with Gasteiger partial charge in [-0.05, 0) is 19.8 Å². The highest BCUT2D eigenvalue weighted by atomic mass is 16.7. The average Bonchev–Trinajstić information content (AvgIpc) is 2.43. The molecule has 1 amide bonds. The topological polar surface area (TPSA) is 55.4 Å². The normalized spacial score (nSPS) is 11.1. The van der Waals surface area contributed by atoms with Crippen molar-refractivity contribution in [2.75, 3.05) is 0 Å². The number of amides is 1. The van der Waals surface area contributed by atoms with Crippen LogP contribution in [-0.4, -0.2) is 11.9 Å². The van der Waals surface area contributed by atoms with Gasteiger partial charge in [0.05, 0.1) is 0 Å². The van der Waals surface area contributed by atoms with Crippen LogP contribution < -0.4 is 5.48 Å². The molecule has 0 fully saturated rings. The first-order chi connectivity index (χ1) is 9.70. The summed E-state index contributed by atoms with van der Waals surface area (Å²) in [6, 6.07) is 0. The van der Waals surface area contributed by atoms with Crippen LogP contribution in [0.2, 0.25) is 0 Å². The minimum absolute atomic E-state index is 0.443. The summed E-state index contributed by atoms with van der Waals surface area (Å²) in [7, 11) is 0. The lowest BCUT2D eigenvalue weighted by atomic mass is 10.1. The minimum Gasteiger partial charge on any atom is -0.336 e. The van der Waals surface area contributed by atoms with E-state index in [0.29, 0.717) is 0 Å². The number of allylic oxidation sites excluding steroid dienone is 2. The molecule has 0 atom stereocenters. The van der Waals surface area contributed by atoms with E-state index in [-0.39, 0.29) is 0 Å². The first-order valence-corrected chi connectivity index (χ1v) is 7.50. The van der Waals surface area contributed by atoms with Crippen molar-refractivity contribution in [3.05, 3.63) is 24.3 Å². The molecule has 0 aromatic rings. The van der Waals surface area contributed by atoms with Crippen LogP contribution >= 0.6 is 0 Å². The summed E-state index contributed by atoms with van der Waals surface area (Å²) >= 11 is 0. The van der Waals surface area contributed by atoms with Crippen LogP contribution in [0.3, 0.4) is 0 Å². The van der Waals surface area contributed by atoms with Gasteiger partial charge in [-0.3, -0.25) is 4.79 Å². The zero-order valence-electron chi connectivity index (χ0n) is 12.7. The van der Waals surface area contributed by atoms with E-state index in [1.54, 1.807) is 19.1 Å². The maximum absolute atomic E-state index is 11.2. The van der Waals surface area contributed by atoms with Gasteiger partial charge in [-0.2, -0.15) is 5.48 Å². The molecule has 4 heteroatoms. The standard InChI is InChI=1S/C16H27NO3/c1-3-5-6-7-8-9-10-11-12-14-16(19)20-17-15(18)13-4-2/h4,12-14H,3,5-11H2,1-2H3,(H,17,18). The molecule has 0 unspecified atom stereocenters. The Morgan fingerprint density at radius 2 is 1.65 bits per heavy atom. The van der Waals surface area contributed by atoms with Crippen molar-refractivity contribution >= 4 is 11.9 Å². The highest BCUT2D eigenvalue weighted by Crippen LogP contribution is 2.08. The SMILES string of the molecule is CC=CC(=O)NOC(=O)C=CCCCCCCCCC. The van der Waals surface area contributed by atoms with Crippen LogP contribution in [0.5, 0.6) is 0 Å². The number of nitrogens with one attached hydrogen (secondary N) is 1. The molecule has 0 aliphatic heterocycles. The molecule has 114 valence electrons. The molecule has 0 rings (SSSR count). The largest absolute Gasteiger partial charge is 0.355 e. The molecule has 4 nitrogen and oxygen atoms in total. The molecule has 1 N–H and O–H groups in total. The lowest BCUT2D eigenvalue weighted by molar-refractivity contribution is -0.151. The highest BCUT2D eigenvalue weighted by Gasteiger charge is 1.99. The molecule has 0 bridgehead atoms. The zero-order chi connectivity index (χ0) is 15.1. The van der Waals surface area contributed by atoms with Gasteiger partial charge in [-0.15, -0.1) is 0 Å². The number of rotatable bonds is 10. The fourth-order valence-corrected chi connectivity index (χ4v) is 1.72. The van der Waals surface area contributed by atoms with Crippen LogP contribution in [0.1, 0.15) is 65.2 Å². The number of carbonyl (C=O) groups is 2. The molecule has 0 heterocycles. The lowest BCUT2D eigenvalue weighted by Crippen LogP contribution is -2.24. The third-order valence-corrected chi connectivity index (χ3v) is 2.80. The van der Waals surface area contributed by atoms with Gasteiger partial charge in [0.2, 0.25) is 0 Å². The van der Waals surface area contributed by atoms with E-state index in [4.69, 9.17) is 0 Å². The van der Waals surface area contributed by atoms with Crippen molar-refractivity contribution in [1.82, 2.24) is 5.48 Å². The molecule has 0 spiro atoms. The van der Waals surface area contributed by atoms with Crippen LogP contribution in [0.4, 0.5) is 0 Å². The minimum atomic E-state index is -0.550. The first-order valence-electron chi connectivity index (χ1n) is 7.50. The fourth-order valence-electron chi connectivity index (χ4n) is 1.72. The van der Waals surface area contributed by atoms with Crippen molar-refractivity contribution in [3.8, 4) is 0 Å². The van der Waals surface area contributed by atoms with Crippen molar-refractivity contribution in [1.29, 1.82) is 0 Å². The molecular weight excluding hydrogens is 254 g/mol. The van der Waals surface area contributed by atoms with E-state index in [9.17, 15) is 9.59 Å². The summed E-state index contributed by atoms with van der Waals surface area (Å²) < 4.78 is 0. The first kappa shape index (κ1) is 18.4. The highest BCUT2D eigenvalue weighted by molar-refractivity contribution is 5.89. The van der Waals surface area contributed by atoms with Crippen LogP contribution in [0.25, 0.3) is 0 Å². The van der Waals surface area contributed by atoms with E-state index < -0.39 is 11.9 Å². The van der Waals surface area contributed by atoms with Crippen LogP contribution in [0.15, 0.2) is 24.3 Å². The molecule has 0 saturated carbocycles. The van der Waals surface area contributed by atoms with Crippen LogP contribution in [0, 0.1) is 0 Å². The summed E-state index contributed by atoms with van der Waals surface area (Å²) in [5, 5.41) is 0. The Balaban J connectivity index is 3.45. The second-order valence-corrected chi connectivity index (χ2v) is 4.70. The van der Waals surface area contributed by atoms with Crippen molar-refractivity contribution in [2.45, 2.75) is 65.2 Å². The maximum Gasteiger partial charge on any atom is 0.355 e. The molecule has 0 aliphatic rings. The second kappa shape index (κ2) is 13.8. The second-order valence-electron chi connectivity index (χ2n) is 4.70. The number of hydroxylamine groups is 1. The Labute approximate surface area is 122 Å². The Morgan fingerprint density at radius 3 is 2.30 bits per heavy atom. The van der Waals surface area contributed by atoms with Gasteiger partial charge in [-0.25, -0.2) is 4.79 Å². The van der Waals surface area contributed by atoms with Gasteiger partial charge < -0.3 is 4.84 Å². The number of hydrogen-bond acceptors (Lipinski definition) is 3. The lowest BCUT2D eigenvalue weighted by Gasteiger charge is -2.00. The Bertz CT molecular complexity index is 322. The number of hydrogen-bond donors (Lipinski definition) is 1. The molecule has 20 heavy (non-hydrogen) atoms. The van der Waals surface area contributed by atoms with Gasteiger partial charge >= 0.3 is 5.97 Å². The van der Waals surface area contributed by atoms with E-state index in [1.807, 2.05) is 5.48 Å². The molecule has 0 aromatic heterocycles. The van der Waals surface area contributed by atoms with Crippen molar-refractivity contribution in [2.24, 2.45) is 0 Å². The predicted octanol–water partition coefficient (Wildman–Crippen LogP) is 3.83. The summed E-state index contributed by atoms with van der Waals surface area (Å²) in [5.41, 5.74) is 2.04. The molecule has 0 radical (unpaired) electrons. The third kappa shape index (κ3) is 12.9. The molecule has 0 aromatic carbocycles. The Hall–Kier alpha value is -1.58. The van der Waals surface area contributed by atoms with E-state index in [2.05, 4.69) is 11.8 Å².